The standard InChI is InChI=1S/C14H10BrCl3N2O/c1-19-10-4-2-7(16)6-8(10)14(21)20-11-5-3-9(15)12(17)13(11)18/h2-6,19H,1H3,(H,20,21). The first kappa shape index (κ1) is 16.4. The van der Waals surface area contributed by atoms with Gasteiger partial charge in [-0.15, -0.1) is 0 Å². The molecule has 3 nitrogen and oxygen atoms in total. The summed E-state index contributed by atoms with van der Waals surface area (Å²) >= 11 is 21.4. The Hall–Kier alpha value is -0.940. The molecule has 0 atom stereocenters. The number of amides is 1. The molecule has 0 aliphatic heterocycles. The Morgan fingerprint density at radius 3 is 2.38 bits per heavy atom. The molecule has 2 aromatic rings. The van der Waals surface area contributed by atoms with Crippen molar-refractivity contribution in [1.29, 1.82) is 0 Å². The molecular formula is C14H10BrCl3N2O. The van der Waals surface area contributed by atoms with Crippen molar-refractivity contribution in [2.24, 2.45) is 0 Å². The number of carbonyl (C=O) groups excluding carboxylic acids is 1. The summed E-state index contributed by atoms with van der Waals surface area (Å²) in [5, 5.41) is 6.74. The van der Waals surface area contributed by atoms with Crippen molar-refractivity contribution in [3.05, 3.63) is 55.4 Å². The van der Waals surface area contributed by atoms with Crippen LogP contribution in [0.4, 0.5) is 11.4 Å². The van der Waals surface area contributed by atoms with Gasteiger partial charge in [0.2, 0.25) is 0 Å². The number of benzene rings is 2. The molecule has 0 unspecified atom stereocenters. The summed E-state index contributed by atoms with van der Waals surface area (Å²) in [7, 11) is 1.73. The molecule has 0 heterocycles. The fourth-order valence-electron chi connectivity index (χ4n) is 1.73. The van der Waals surface area contributed by atoms with Crippen molar-refractivity contribution < 1.29 is 4.79 Å². The lowest BCUT2D eigenvalue weighted by atomic mass is 10.1. The van der Waals surface area contributed by atoms with Crippen LogP contribution < -0.4 is 10.6 Å². The molecule has 0 saturated heterocycles. The second-order valence-corrected chi connectivity index (χ2v) is 6.16. The van der Waals surface area contributed by atoms with E-state index in [1.165, 1.54) is 0 Å². The molecule has 2 aromatic carbocycles. The molecule has 110 valence electrons. The minimum Gasteiger partial charge on any atom is -0.387 e. The molecular weight excluding hydrogens is 398 g/mol. The zero-order valence-corrected chi connectivity index (χ0v) is 14.7. The number of anilines is 2. The average molecular weight is 409 g/mol. The van der Waals surface area contributed by atoms with E-state index in [9.17, 15) is 4.79 Å². The van der Waals surface area contributed by atoms with Crippen molar-refractivity contribution in [3.63, 3.8) is 0 Å². The van der Waals surface area contributed by atoms with Gasteiger partial charge in [-0.05, 0) is 46.3 Å². The second kappa shape index (κ2) is 6.88. The molecule has 0 aliphatic carbocycles. The van der Waals surface area contributed by atoms with E-state index in [2.05, 4.69) is 26.6 Å². The van der Waals surface area contributed by atoms with Gasteiger partial charge in [0.05, 0.1) is 21.3 Å². The minimum absolute atomic E-state index is 0.271. The summed E-state index contributed by atoms with van der Waals surface area (Å²) in [5.74, 6) is -0.331. The molecule has 0 spiro atoms. The normalized spacial score (nSPS) is 10.3. The Kier molecular flexibility index (Phi) is 5.38. The predicted octanol–water partition coefficient (Wildman–Crippen LogP) is 5.70. The highest BCUT2D eigenvalue weighted by Gasteiger charge is 2.15. The van der Waals surface area contributed by atoms with Crippen LogP contribution in [0.3, 0.4) is 0 Å². The molecule has 0 aliphatic rings. The number of halogens is 4. The summed E-state index contributed by atoms with van der Waals surface area (Å²) < 4.78 is 0.658. The highest BCUT2D eigenvalue weighted by Crippen LogP contribution is 2.36. The Bertz CT molecular complexity index is 707. The lowest BCUT2D eigenvalue weighted by Gasteiger charge is -2.12. The zero-order valence-electron chi connectivity index (χ0n) is 10.8. The summed E-state index contributed by atoms with van der Waals surface area (Å²) in [6.07, 6.45) is 0. The first-order valence-corrected chi connectivity index (χ1v) is 7.79. The van der Waals surface area contributed by atoms with Crippen LogP contribution in [-0.2, 0) is 0 Å². The van der Waals surface area contributed by atoms with Crippen molar-refractivity contribution >= 4 is 68.0 Å². The third kappa shape index (κ3) is 3.64. The summed E-state index contributed by atoms with van der Waals surface area (Å²) in [4.78, 5) is 12.4. The maximum atomic E-state index is 12.4. The van der Waals surface area contributed by atoms with E-state index in [-0.39, 0.29) is 10.9 Å². The Balaban J connectivity index is 2.35. The maximum Gasteiger partial charge on any atom is 0.257 e. The Morgan fingerprint density at radius 2 is 1.71 bits per heavy atom. The van der Waals surface area contributed by atoms with Crippen LogP contribution in [0.5, 0.6) is 0 Å². The van der Waals surface area contributed by atoms with Crippen LogP contribution in [-0.4, -0.2) is 13.0 Å². The van der Waals surface area contributed by atoms with Crippen LogP contribution in [0.1, 0.15) is 10.4 Å². The zero-order chi connectivity index (χ0) is 15.6. The molecule has 0 fully saturated rings. The van der Waals surface area contributed by atoms with Crippen molar-refractivity contribution in [2.45, 2.75) is 0 Å². The van der Waals surface area contributed by atoms with Gasteiger partial charge in [-0.3, -0.25) is 4.79 Å². The largest absolute Gasteiger partial charge is 0.387 e. The highest BCUT2D eigenvalue weighted by atomic mass is 79.9. The van der Waals surface area contributed by atoms with Gasteiger partial charge in [0.25, 0.3) is 5.91 Å². The third-order valence-electron chi connectivity index (χ3n) is 2.78. The van der Waals surface area contributed by atoms with Crippen LogP contribution in [0.25, 0.3) is 0 Å². The number of hydrogen-bond acceptors (Lipinski definition) is 2. The molecule has 7 heteroatoms. The molecule has 21 heavy (non-hydrogen) atoms. The van der Waals surface area contributed by atoms with Gasteiger partial charge in [-0.1, -0.05) is 34.8 Å². The molecule has 0 saturated carbocycles. The van der Waals surface area contributed by atoms with E-state index in [0.29, 0.717) is 31.5 Å². The fourth-order valence-corrected chi connectivity index (χ4v) is 2.73. The third-order valence-corrected chi connectivity index (χ3v) is 4.79. The van der Waals surface area contributed by atoms with Gasteiger partial charge in [-0.2, -0.15) is 0 Å². The smallest absolute Gasteiger partial charge is 0.257 e. The number of hydrogen-bond donors (Lipinski definition) is 2. The number of rotatable bonds is 3. The monoisotopic (exact) mass is 406 g/mol. The van der Waals surface area contributed by atoms with Gasteiger partial charge < -0.3 is 10.6 Å². The minimum atomic E-state index is -0.331. The van der Waals surface area contributed by atoms with Crippen LogP contribution in [0.2, 0.25) is 15.1 Å². The number of nitrogens with one attached hydrogen (secondary N) is 2. The van der Waals surface area contributed by atoms with Gasteiger partial charge in [0.1, 0.15) is 0 Å². The molecule has 0 radical (unpaired) electrons. The fraction of sp³-hybridized carbons (Fsp3) is 0.0714. The number of carbonyl (C=O) groups is 1. The quantitative estimate of drug-likeness (QED) is 0.640. The molecule has 0 bridgehead atoms. The lowest BCUT2D eigenvalue weighted by molar-refractivity contribution is 0.102. The van der Waals surface area contributed by atoms with Crippen LogP contribution in [0.15, 0.2) is 34.8 Å². The molecule has 2 rings (SSSR count). The first-order chi connectivity index (χ1) is 9.93. The van der Waals surface area contributed by atoms with E-state index in [1.54, 1.807) is 37.4 Å². The van der Waals surface area contributed by atoms with Crippen molar-refractivity contribution in [2.75, 3.05) is 17.7 Å². The summed E-state index contributed by atoms with van der Waals surface area (Å²) in [6, 6.07) is 8.39. The van der Waals surface area contributed by atoms with Crippen LogP contribution >= 0.6 is 50.7 Å². The molecule has 1 amide bonds. The maximum absolute atomic E-state index is 12.4. The van der Waals surface area contributed by atoms with Gasteiger partial charge in [0.15, 0.2) is 0 Å². The second-order valence-electron chi connectivity index (χ2n) is 4.12. The van der Waals surface area contributed by atoms with E-state index in [4.69, 9.17) is 34.8 Å². The molecule has 0 aromatic heterocycles. The van der Waals surface area contributed by atoms with Crippen molar-refractivity contribution in [1.82, 2.24) is 0 Å². The van der Waals surface area contributed by atoms with E-state index < -0.39 is 0 Å². The Labute approximate surface area is 145 Å². The van der Waals surface area contributed by atoms with E-state index in [0.717, 1.165) is 0 Å². The van der Waals surface area contributed by atoms with Crippen molar-refractivity contribution in [3.8, 4) is 0 Å². The Morgan fingerprint density at radius 1 is 1.05 bits per heavy atom. The summed E-state index contributed by atoms with van der Waals surface area (Å²) in [6.45, 7) is 0. The van der Waals surface area contributed by atoms with Gasteiger partial charge >= 0.3 is 0 Å². The average Bonchev–Trinajstić information content (AvgIpc) is 2.47. The van der Waals surface area contributed by atoms with Gasteiger partial charge in [-0.25, -0.2) is 0 Å². The SMILES string of the molecule is CNc1ccc(Cl)cc1C(=O)Nc1ccc(Br)c(Cl)c1Cl. The molecule has 2 N–H and O–H groups in total. The van der Waals surface area contributed by atoms with E-state index in [1.807, 2.05) is 0 Å². The highest BCUT2D eigenvalue weighted by molar-refractivity contribution is 9.10. The van der Waals surface area contributed by atoms with Gasteiger partial charge in [0, 0.05) is 22.2 Å². The van der Waals surface area contributed by atoms with E-state index >= 15 is 0 Å². The van der Waals surface area contributed by atoms with Crippen LogP contribution in [0, 0.1) is 0 Å². The predicted molar refractivity (Wildman–Crippen MR) is 93.1 cm³/mol. The lowest BCUT2D eigenvalue weighted by Crippen LogP contribution is -2.14. The topological polar surface area (TPSA) is 41.1 Å². The summed E-state index contributed by atoms with van der Waals surface area (Å²) in [5.41, 5.74) is 1.51. The first-order valence-electron chi connectivity index (χ1n) is 5.86.